The maximum absolute atomic E-state index is 12.6. The molecule has 3 aliphatic heterocycles. The molecule has 3 aliphatic rings. The Labute approximate surface area is 164 Å². The summed E-state index contributed by atoms with van der Waals surface area (Å²) in [6.45, 7) is 13.9. The Kier molecular flexibility index (Phi) is 5.26. The van der Waals surface area contributed by atoms with Crippen LogP contribution in [0.2, 0.25) is 10.1 Å². The molecule has 9 heteroatoms. The molecule has 1 unspecified atom stereocenters. The number of hydrogen-bond acceptors (Lipinski definition) is 7. The Morgan fingerprint density at radius 1 is 1.07 bits per heavy atom. The molecule has 0 spiro atoms. The quantitative estimate of drug-likeness (QED) is 0.394. The van der Waals surface area contributed by atoms with E-state index in [0.29, 0.717) is 5.75 Å². The number of ketones is 1. The fourth-order valence-electron chi connectivity index (χ4n) is 4.52. The third kappa shape index (κ3) is 3.46. The third-order valence-corrected chi connectivity index (χ3v) is 12.1. The van der Waals surface area contributed by atoms with Crippen molar-refractivity contribution < 1.29 is 32.1 Å². The first kappa shape index (κ1) is 21.1. The number of rotatable bonds is 3. The summed E-state index contributed by atoms with van der Waals surface area (Å²) in [7, 11) is -4.09. The van der Waals surface area contributed by atoms with Crippen LogP contribution in [0.5, 0.6) is 0 Å². The van der Waals surface area contributed by atoms with E-state index in [4.69, 9.17) is 18.3 Å². The predicted molar refractivity (Wildman–Crippen MR) is 102 cm³/mol. The fraction of sp³-hybridized carbons (Fsp3) is 0.889. The monoisotopic (exact) mass is 418 g/mol. The van der Waals surface area contributed by atoms with Crippen LogP contribution in [0, 0.1) is 0 Å². The minimum absolute atomic E-state index is 0.256. The van der Waals surface area contributed by atoms with Gasteiger partial charge in [0, 0.05) is 10.1 Å². The van der Waals surface area contributed by atoms with Gasteiger partial charge >= 0.3 is 14.5 Å². The molecule has 0 amide bonds. The molecular weight excluding hydrogens is 388 g/mol. The van der Waals surface area contributed by atoms with Crippen LogP contribution in [0.1, 0.15) is 54.9 Å². The Bertz CT molecular complexity index is 652. The summed E-state index contributed by atoms with van der Waals surface area (Å²) >= 11 is 0. The highest BCUT2D eigenvalue weighted by atomic mass is 32.2. The zero-order chi connectivity index (χ0) is 20.4. The lowest BCUT2D eigenvalue weighted by Gasteiger charge is -2.59. The van der Waals surface area contributed by atoms with Gasteiger partial charge in [-0.3, -0.25) is 13.8 Å². The van der Waals surface area contributed by atoms with Crippen molar-refractivity contribution in [2.24, 2.45) is 0 Å². The summed E-state index contributed by atoms with van der Waals surface area (Å²) in [5, 5.41) is -0.511. The summed E-state index contributed by atoms with van der Waals surface area (Å²) in [5.74, 6) is -0.532. The molecule has 0 aromatic heterocycles. The molecule has 0 radical (unpaired) electrons. The second-order valence-corrected chi connectivity index (χ2v) is 16.0. The van der Waals surface area contributed by atoms with E-state index in [1.54, 1.807) is 0 Å². The van der Waals surface area contributed by atoms with E-state index >= 15 is 0 Å². The third-order valence-electron chi connectivity index (χ3n) is 5.42. The lowest BCUT2D eigenvalue weighted by Crippen LogP contribution is -2.73. The van der Waals surface area contributed by atoms with Crippen molar-refractivity contribution in [3.8, 4) is 0 Å². The van der Waals surface area contributed by atoms with Gasteiger partial charge in [-0.1, -0.05) is 41.5 Å². The number of ether oxygens (including phenoxy) is 2. The van der Waals surface area contributed by atoms with Crippen LogP contribution in [0.15, 0.2) is 0 Å². The summed E-state index contributed by atoms with van der Waals surface area (Å²) in [5.41, 5.74) is -0.637. The molecule has 0 aromatic rings. The minimum Gasteiger partial charge on any atom is -0.456 e. The molecule has 0 aromatic carbocycles. The lowest BCUT2D eigenvalue weighted by molar-refractivity contribution is -0.230. The van der Waals surface area contributed by atoms with Crippen LogP contribution in [0.4, 0.5) is 0 Å². The normalized spacial score (nSPS) is 37.7. The van der Waals surface area contributed by atoms with Crippen LogP contribution in [0.25, 0.3) is 0 Å². The fourth-order valence-corrected chi connectivity index (χ4v) is 11.2. The van der Waals surface area contributed by atoms with Gasteiger partial charge in [-0.05, 0) is 6.92 Å². The summed E-state index contributed by atoms with van der Waals surface area (Å²) in [6.07, 6.45) is -2.59. The van der Waals surface area contributed by atoms with Crippen molar-refractivity contribution in [2.45, 2.75) is 94.8 Å². The lowest BCUT2D eigenvalue weighted by atomic mass is 10.0. The molecule has 4 bridgehead atoms. The first-order valence-corrected chi connectivity index (χ1v) is 12.5. The topological polar surface area (TPSA) is 88.1 Å². The molecule has 0 N–H and O–H groups in total. The highest BCUT2D eigenvalue weighted by molar-refractivity contribution is 7.85. The van der Waals surface area contributed by atoms with Gasteiger partial charge in [0.1, 0.15) is 24.4 Å². The highest BCUT2D eigenvalue weighted by Crippen LogP contribution is 2.57. The molecule has 7 nitrogen and oxygen atoms in total. The van der Waals surface area contributed by atoms with Crippen LogP contribution in [-0.2, 0) is 38.7 Å². The van der Waals surface area contributed by atoms with Crippen molar-refractivity contribution >= 4 is 31.1 Å². The Hall–Kier alpha value is -0.613. The first-order chi connectivity index (χ1) is 12.3. The van der Waals surface area contributed by atoms with Gasteiger partial charge in [-0.25, -0.2) is 0 Å². The van der Waals surface area contributed by atoms with E-state index in [9.17, 15) is 13.8 Å². The van der Waals surface area contributed by atoms with E-state index in [2.05, 4.69) is 41.5 Å². The zero-order valence-electron chi connectivity index (χ0n) is 17.1. The number of carbonyl (C=O) groups excluding carboxylic acids is 2. The zero-order valence-corrected chi connectivity index (χ0v) is 18.9. The van der Waals surface area contributed by atoms with E-state index in [1.165, 1.54) is 6.92 Å². The maximum Gasteiger partial charge on any atom is 0.350 e. The van der Waals surface area contributed by atoms with Gasteiger partial charge in [0.15, 0.2) is 11.5 Å². The van der Waals surface area contributed by atoms with E-state index in [-0.39, 0.29) is 22.3 Å². The van der Waals surface area contributed by atoms with Crippen molar-refractivity contribution in [2.75, 3.05) is 5.75 Å². The first-order valence-electron chi connectivity index (χ1n) is 9.34. The summed E-state index contributed by atoms with van der Waals surface area (Å²) in [4.78, 5) is 23.4. The average Bonchev–Trinajstić information content (AvgIpc) is 2.82. The number of esters is 1. The summed E-state index contributed by atoms with van der Waals surface area (Å²) in [6, 6.07) is 0. The Morgan fingerprint density at radius 3 is 2.15 bits per heavy atom. The van der Waals surface area contributed by atoms with Crippen molar-refractivity contribution in [1.82, 2.24) is 0 Å². The molecule has 27 heavy (non-hydrogen) atoms. The number of Topliss-reactive ketones (excluding diaryl/α,β-unsaturated/α-hetero) is 1. The molecule has 6 atom stereocenters. The van der Waals surface area contributed by atoms with E-state index < -0.39 is 55.2 Å². The SMILES string of the molecule is CC(=O)CC(=O)O[C@@H]1[C@H]2O[Si](C(C)(C)C)(C(C)(C)C)O[C@@H]1[C@H]1CS(=O)[C@@H]2O1. The van der Waals surface area contributed by atoms with Crippen molar-refractivity contribution in [1.29, 1.82) is 0 Å². The standard InChI is InChI=1S/C18H30O7SSi/c1-10(19)8-12(20)23-14-13-11-9-26(21)16(22-11)15(14)25-27(24-13,17(2,3)4)18(5,6)7/h11,13-16H,8-9H2,1-7H3/t11-,13-,14+,15-,16+,26?/m1/s1. The molecule has 3 heterocycles. The molecule has 3 saturated heterocycles. The molecule has 3 rings (SSSR count). The van der Waals surface area contributed by atoms with E-state index in [1.807, 2.05) is 0 Å². The second kappa shape index (κ2) is 6.72. The molecular formula is C18H30O7SSi. The van der Waals surface area contributed by atoms with Crippen LogP contribution >= 0.6 is 0 Å². The van der Waals surface area contributed by atoms with E-state index in [0.717, 1.165) is 0 Å². The van der Waals surface area contributed by atoms with Crippen LogP contribution < -0.4 is 0 Å². The number of fused-ring (bicyclic) bond motifs is 6. The van der Waals surface area contributed by atoms with Gasteiger partial charge in [0.05, 0.1) is 22.7 Å². The molecule has 154 valence electrons. The van der Waals surface area contributed by atoms with Gasteiger partial charge < -0.3 is 18.3 Å². The average molecular weight is 419 g/mol. The summed E-state index contributed by atoms with van der Waals surface area (Å²) < 4.78 is 37.4. The largest absolute Gasteiger partial charge is 0.456 e. The van der Waals surface area contributed by atoms with Crippen molar-refractivity contribution in [3.63, 3.8) is 0 Å². The predicted octanol–water partition coefficient (Wildman–Crippen LogP) is 2.19. The Balaban J connectivity index is 1.99. The molecule has 0 aliphatic carbocycles. The van der Waals surface area contributed by atoms with Crippen molar-refractivity contribution in [3.05, 3.63) is 0 Å². The maximum atomic E-state index is 12.6. The second-order valence-electron chi connectivity index (χ2n) is 9.71. The van der Waals surface area contributed by atoms with Crippen LogP contribution in [0.3, 0.4) is 0 Å². The van der Waals surface area contributed by atoms with Gasteiger partial charge in [-0.15, -0.1) is 0 Å². The Morgan fingerprint density at radius 2 is 1.63 bits per heavy atom. The molecule has 3 fully saturated rings. The smallest absolute Gasteiger partial charge is 0.350 e. The minimum atomic E-state index is -2.85. The van der Waals surface area contributed by atoms with Gasteiger partial charge in [-0.2, -0.15) is 0 Å². The number of carbonyl (C=O) groups is 2. The molecule has 0 saturated carbocycles. The van der Waals surface area contributed by atoms with Crippen LogP contribution in [-0.4, -0.2) is 60.1 Å². The highest BCUT2D eigenvalue weighted by Gasteiger charge is 2.70. The van der Waals surface area contributed by atoms with Gasteiger partial charge in [0.25, 0.3) is 0 Å². The van der Waals surface area contributed by atoms with Gasteiger partial charge in [0.2, 0.25) is 0 Å². The number of hydrogen-bond donors (Lipinski definition) is 0.